The van der Waals surface area contributed by atoms with Gasteiger partial charge in [-0.2, -0.15) is 0 Å². The normalized spacial score (nSPS) is 19.0. The predicted octanol–water partition coefficient (Wildman–Crippen LogP) is 1.13. The van der Waals surface area contributed by atoms with Crippen LogP contribution in [0.15, 0.2) is 18.2 Å². The number of hydrogen-bond donors (Lipinski definition) is 2. The van der Waals surface area contributed by atoms with Gasteiger partial charge in [0, 0.05) is 6.54 Å². The summed E-state index contributed by atoms with van der Waals surface area (Å²) < 4.78 is 4.97. The van der Waals surface area contributed by atoms with Crippen LogP contribution < -0.4 is 15.8 Å². The molecule has 136 valence electrons. The first kappa shape index (κ1) is 18.7. The molecule has 9 nitrogen and oxygen atoms in total. The van der Waals surface area contributed by atoms with E-state index in [4.69, 9.17) is 10.5 Å². The van der Waals surface area contributed by atoms with Crippen molar-refractivity contribution in [3.05, 3.63) is 28.3 Å². The Bertz CT molecular complexity index is 678. The minimum atomic E-state index is -0.577. The topological polar surface area (TPSA) is 128 Å². The quantitative estimate of drug-likeness (QED) is 0.584. The number of rotatable bonds is 6. The number of nitrogens with zero attached hydrogens (tertiary/aromatic N) is 2. The lowest BCUT2D eigenvalue weighted by molar-refractivity contribution is -0.384. The van der Waals surface area contributed by atoms with E-state index in [-0.39, 0.29) is 29.1 Å². The van der Waals surface area contributed by atoms with E-state index in [2.05, 4.69) is 5.32 Å². The van der Waals surface area contributed by atoms with Crippen molar-refractivity contribution in [1.29, 1.82) is 0 Å². The number of piperidine rings is 1. The highest BCUT2D eigenvalue weighted by Gasteiger charge is 2.30. The maximum absolute atomic E-state index is 12.5. The number of nitrogens with two attached hydrogens (primary N) is 1. The van der Waals surface area contributed by atoms with Crippen molar-refractivity contribution in [2.24, 2.45) is 11.7 Å². The first-order chi connectivity index (χ1) is 11.8. The van der Waals surface area contributed by atoms with Gasteiger partial charge in [-0.25, -0.2) is 0 Å². The van der Waals surface area contributed by atoms with Gasteiger partial charge in [0.15, 0.2) is 0 Å². The fourth-order valence-electron chi connectivity index (χ4n) is 2.89. The third kappa shape index (κ3) is 4.44. The second-order valence-corrected chi connectivity index (χ2v) is 6.04. The molecule has 1 saturated heterocycles. The number of methoxy groups -OCH3 is 1. The van der Waals surface area contributed by atoms with Crippen LogP contribution in [-0.4, -0.2) is 47.9 Å². The van der Waals surface area contributed by atoms with Crippen LogP contribution in [0.1, 0.15) is 19.8 Å². The number of likely N-dealkylation sites (tertiary alicyclic amines) is 1. The van der Waals surface area contributed by atoms with E-state index in [0.717, 1.165) is 6.42 Å². The van der Waals surface area contributed by atoms with Gasteiger partial charge in [0.1, 0.15) is 11.4 Å². The molecule has 25 heavy (non-hydrogen) atoms. The van der Waals surface area contributed by atoms with Crippen molar-refractivity contribution in [3.63, 3.8) is 0 Å². The van der Waals surface area contributed by atoms with E-state index in [9.17, 15) is 19.7 Å². The molecule has 1 aromatic carbocycles. The standard InChI is InChI=1S/C16H22N4O5/c1-10(19-7-3-4-11(9-19)15(17)21)16(22)18-13-6-5-12(25-2)8-14(13)20(23)24/h5-6,8,10-11H,3-4,7,9H2,1-2H3,(H2,17,21)(H,18,22)/t10-,11+/m1/s1. The molecule has 0 aromatic heterocycles. The minimum Gasteiger partial charge on any atom is -0.496 e. The molecule has 1 fully saturated rings. The number of carbonyl (C=O) groups excluding carboxylic acids is 2. The summed E-state index contributed by atoms with van der Waals surface area (Å²) in [6, 6.07) is 3.69. The van der Waals surface area contributed by atoms with Gasteiger partial charge in [0.25, 0.3) is 5.69 Å². The highest BCUT2D eigenvalue weighted by atomic mass is 16.6. The lowest BCUT2D eigenvalue weighted by Crippen LogP contribution is -2.49. The molecule has 9 heteroatoms. The van der Waals surface area contributed by atoms with Crippen LogP contribution in [0, 0.1) is 16.0 Å². The molecular formula is C16H22N4O5. The van der Waals surface area contributed by atoms with Crippen molar-refractivity contribution in [3.8, 4) is 5.75 Å². The monoisotopic (exact) mass is 350 g/mol. The van der Waals surface area contributed by atoms with Gasteiger partial charge in [-0.1, -0.05) is 0 Å². The number of nitro groups is 1. The number of hydrogen-bond acceptors (Lipinski definition) is 6. The largest absolute Gasteiger partial charge is 0.496 e. The molecule has 0 spiro atoms. The summed E-state index contributed by atoms with van der Waals surface area (Å²) in [5.41, 5.74) is 5.22. The highest BCUT2D eigenvalue weighted by molar-refractivity contribution is 5.96. The van der Waals surface area contributed by atoms with Crippen molar-refractivity contribution >= 4 is 23.2 Å². The molecule has 0 saturated carbocycles. The van der Waals surface area contributed by atoms with Crippen LogP contribution in [0.2, 0.25) is 0 Å². The Labute approximate surface area is 145 Å². The summed E-state index contributed by atoms with van der Waals surface area (Å²) in [6.45, 7) is 2.78. The van der Waals surface area contributed by atoms with E-state index >= 15 is 0 Å². The molecule has 1 aliphatic heterocycles. The lowest BCUT2D eigenvalue weighted by Gasteiger charge is -2.34. The zero-order valence-corrected chi connectivity index (χ0v) is 14.2. The van der Waals surface area contributed by atoms with Crippen molar-refractivity contribution in [2.75, 3.05) is 25.5 Å². The average molecular weight is 350 g/mol. The van der Waals surface area contributed by atoms with Crippen LogP contribution in [0.5, 0.6) is 5.75 Å². The van der Waals surface area contributed by atoms with E-state index in [0.29, 0.717) is 25.3 Å². The van der Waals surface area contributed by atoms with E-state index in [1.807, 2.05) is 4.90 Å². The molecule has 2 rings (SSSR count). The zero-order chi connectivity index (χ0) is 18.6. The first-order valence-electron chi connectivity index (χ1n) is 8.00. The predicted molar refractivity (Wildman–Crippen MR) is 91.2 cm³/mol. The van der Waals surface area contributed by atoms with E-state index in [1.165, 1.54) is 25.3 Å². The Morgan fingerprint density at radius 2 is 2.20 bits per heavy atom. The molecule has 1 heterocycles. The molecular weight excluding hydrogens is 328 g/mol. The first-order valence-corrected chi connectivity index (χ1v) is 8.00. The SMILES string of the molecule is COc1ccc(NC(=O)[C@@H](C)N2CCC[C@H](C(N)=O)C2)c([N+](=O)[O-])c1. The smallest absolute Gasteiger partial charge is 0.296 e. The maximum Gasteiger partial charge on any atom is 0.296 e. The molecule has 2 amide bonds. The summed E-state index contributed by atoms with van der Waals surface area (Å²) in [6.07, 6.45) is 1.48. The molecule has 0 unspecified atom stereocenters. The number of amides is 2. The maximum atomic E-state index is 12.5. The molecule has 0 radical (unpaired) electrons. The Balaban J connectivity index is 2.11. The van der Waals surface area contributed by atoms with Crippen LogP contribution in [0.25, 0.3) is 0 Å². The van der Waals surface area contributed by atoms with E-state index < -0.39 is 11.0 Å². The third-order valence-corrected chi connectivity index (χ3v) is 4.44. The fraction of sp³-hybridized carbons (Fsp3) is 0.500. The lowest BCUT2D eigenvalue weighted by atomic mass is 9.96. The van der Waals surface area contributed by atoms with Crippen LogP contribution in [0.4, 0.5) is 11.4 Å². The summed E-state index contributed by atoms with van der Waals surface area (Å²) in [5, 5.41) is 13.8. The van der Waals surface area contributed by atoms with Crippen molar-refractivity contribution in [2.45, 2.75) is 25.8 Å². The molecule has 2 atom stereocenters. The van der Waals surface area contributed by atoms with Gasteiger partial charge in [-0.3, -0.25) is 24.6 Å². The Hall–Kier alpha value is -2.68. The number of nitro benzene ring substituents is 1. The minimum absolute atomic E-state index is 0.103. The third-order valence-electron chi connectivity index (χ3n) is 4.44. The number of carbonyl (C=O) groups is 2. The summed E-state index contributed by atoms with van der Waals surface area (Å²) in [7, 11) is 1.41. The van der Waals surface area contributed by atoms with Gasteiger partial charge in [0.2, 0.25) is 11.8 Å². The van der Waals surface area contributed by atoms with Crippen molar-refractivity contribution < 1.29 is 19.2 Å². The molecule has 0 aliphatic carbocycles. The number of primary amides is 1. The van der Waals surface area contributed by atoms with Crippen LogP contribution in [-0.2, 0) is 9.59 Å². The number of anilines is 1. The van der Waals surface area contributed by atoms with Gasteiger partial charge in [0.05, 0.1) is 30.1 Å². The summed E-state index contributed by atoms with van der Waals surface area (Å²) in [5.74, 6) is -0.695. The molecule has 3 N–H and O–H groups in total. The van der Waals surface area contributed by atoms with Gasteiger partial charge in [-0.05, 0) is 38.4 Å². The number of nitrogens with one attached hydrogen (secondary N) is 1. The number of ether oxygens (including phenoxy) is 1. The van der Waals surface area contributed by atoms with Gasteiger partial charge >= 0.3 is 0 Å². The molecule has 1 aliphatic rings. The molecule has 1 aromatic rings. The van der Waals surface area contributed by atoms with E-state index in [1.54, 1.807) is 6.92 Å². The zero-order valence-electron chi connectivity index (χ0n) is 14.2. The van der Waals surface area contributed by atoms with Crippen LogP contribution in [0.3, 0.4) is 0 Å². The molecule has 0 bridgehead atoms. The second-order valence-electron chi connectivity index (χ2n) is 6.04. The Morgan fingerprint density at radius 3 is 2.80 bits per heavy atom. The number of benzene rings is 1. The summed E-state index contributed by atoms with van der Waals surface area (Å²) in [4.78, 5) is 36.4. The second kappa shape index (κ2) is 7.93. The van der Waals surface area contributed by atoms with Crippen LogP contribution >= 0.6 is 0 Å². The Morgan fingerprint density at radius 1 is 1.48 bits per heavy atom. The average Bonchev–Trinajstić information content (AvgIpc) is 2.61. The fourth-order valence-corrected chi connectivity index (χ4v) is 2.89. The highest BCUT2D eigenvalue weighted by Crippen LogP contribution is 2.29. The van der Waals surface area contributed by atoms with Gasteiger partial charge in [-0.15, -0.1) is 0 Å². The van der Waals surface area contributed by atoms with Gasteiger partial charge < -0.3 is 15.8 Å². The Kier molecular flexibility index (Phi) is 5.92. The van der Waals surface area contributed by atoms with Crippen molar-refractivity contribution in [1.82, 2.24) is 4.90 Å². The summed E-state index contributed by atoms with van der Waals surface area (Å²) >= 11 is 0.